The van der Waals surface area contributed by atoms with Gasteiger partial charge in [0.25, 0.3) is 0 Å². The van der Waals surface area contributed by atoms with Gasteiger partial charge in [0.15, 0.2) is 0 Å². The molecule has 0 saturated carbocycles. The molecular weight excluding hydrogens is 389 g/mol. The van der Waals surface area contributed by atoms with Gasteiger partial charge in [0, 0.05) is 46.8 Å². The second-order valence-electron chi connectivity index (χ2n) is 6.06. The monoisotopic (exact) mass is 405 g/mol. The van der Waals surface area contributed by atoms with Gasteiger partial charge in [-0.2, -0.15) is 0 Å². The second kappa shape index (κ2) is 7.85. The lowest BCUT2D eigenvalue weighted by Gasteiger charge is -2.05. The lowest BCUT2D eigenvalue weighted by Crippen LogP contribution is -2.03. The number of nitrogens with two attached hydrogens (primary N) is 2. The van der Waals surface area contributed by atoms with Crippen molar-refractivity contribution in [3.8, 4) is 11.1 Å². The zero-order valence-electron chi connectivity index (χ0n) is 14.2. The molecule has 0 amide bonds. The Hall–Kier alpha value is -2.77. The largest absolute Gasteiger partial charge is 0.397 e. The Balaban J connectivity index is 1.67. The van der Waals surface area contributed by atoms with E-state index in [4.69, 9.17) is 34.7 Å². The molecule has 0 unspecified atom stereocenters. The molecular formula is C18H17Cl2N5O2. The lowest BCUT2D eigenvalue weighted by atomic mass is 10.1. The molecule has 3 rings (SSSR count). The molecule has 2 aromatic heterocycles. The van der Waals surface area contributed by atoms with Gasteiger partial charge < -0.3 is 16.0 Å². The average molecular weight is 406 g/mol. The summed E-state index contributed by atoms with van der Waals surface area (Å²) < 4.78 is 1.98. The third-order valence-electron chi connectivity index (χ3n) is 4.14. The van der Waals surface area contributed by atoms with Crippen LogP contribution < -0.4 is 11.5 Å². The van der Waals surface area contributed by atoms with E-state index >= 15 is 0 Å². The van der Waals surface area contributed by atoms with Crippen LogP contribution in [0.3, 0.4) is 0 Å². The van der Waals surface area contributed by atoms with Gasteiger partial charge in [-0.05, 0) is 31.0 Å². The fourth-order valence-electron chi connectivity index (χ4n) is 2.83. The molecule has 1 aromatic carbocycles. The number of halogens is 2. The van der Waals surface area contributed by atoms with Crippen LogP contribution in [-0.2, 0) is 13.0 Å². The summed E-state index contributed by atoms with van der Waals surface area (Å²) in [4.78, 5) is 14.3. The molecule has 0 radical (unpaired) electrons. The smallest absolute Gasteiger partial charge is 0.311 e. The Morgan fingerprint density at radius 2 is 1.89 bits per heavy atom. The summed E-state index contributed by atoms with van der Waals surface area (Å²) >= 11 is 12.2. The molecule has 9 heteroatoms. The van der Waals surface area contributed by atoms with Crippen LogP contribution in [0.4, 0.5) is 17.2 Å². The van der Waals surface area contributed by atoms with Crippen molar-refractivity contribution in [3.63, 3.8) is 0 Å². The van der Waals surface area contributed by atoms with Crippen molar-refractivity contribution in [2.24, 2.45) is 0 Å². The number of aryl methyl sites for hydroxylation is 2. The Morgan fingerprint density at radius 1 is 1.11 bits per heavy atom. The SMILES string of the molecule is Nc1cn(CCCc2ccc([N+](=O)[O-])c(N)n2)cc1-c1ccc(Cl)cc1Cl. The van der Waals surface area contributed by atoms with Crippen LogP contribution in [-0.4, -0.2) is 14.5 Å². The van der Waals surface area contributed by atoms with Gasteiger partial charge in [-0.3, -0.25) is 10.1 Å². The number of hydrogen-bond acceptors (Lipinski definition) is 5. The van der Waals surface area contributed by atoms with E-state index in [1.807, 2.05) is 23.0 Å². The predicted molar refractivity (Wildman–Crippen MR) is 108 cm³/mol. The highest BCUT2D eigenvalue weighted by Crippen LogP contribution is 2.34. The predicted octanol–water partition coefficient (Wildman–Crippen LogP) is 4.56. The van der Waals surface area contributed by atoms with Gasteiger partial charge in [-0.15, -0.1) is 0 Å². The minimum absolute atomic E-state index is 0.0672. The summed E-state index contributed by atoms with van der Waals surface area (Å²) in [6.45, 7) is 0.702. The van der Waals surface area contributed by atoms with Gasteiger partial charge >= 0.3 is 5.69 Å². The highest BCUT2D eigenvalue weighted by molar-refractivity contribution is 6.36. The number of rotatable bonds is 6. The van der Waals surface area contributed by atoms with Crippen molar-refractivity contribution in [2.45, 2.75) is 19.4 Å². The number of anilines is 2. The van der Waals surface area contributed by atoms with Crippen molar-refractivity contribution in [1.29, 1.82) is 0 Å². The topological polar surface area (TPSA) is 113 Å². The van der Waals surface area contributed by atoms with Gasteiger partial charge in [0.05, 0.1) is 15.6 Å². The van der Waals surface area contributed by atoms with Crippen LogP contribution >= 0.6 is 23.2 Å². The van der Waals surface area contributed by atoms with E-state index in [2.05, 4.69) is 4.98 Å². The number of pyridine rings is 1. The van der Waals surface area contributed by atoms with Crippen LogP contribution in [0.2, 0.25) is 10.0 Å². The maximum absolute atomic E-state index is 10.8. The van der Waals surface area contributed by atoms with Crippen molar-refractivity contribution >= 4 is 40.4 Å². The molecule has 0 fully saturated rings. The van der Waals surface area contributed by atoms with Crippen LogP contribution in [0, 0.1) is 10.1 Å². The molecule has 0 aliphatic rings. The molecule has 0 atom stereocenters. The molecule has 140 valence electrons. The van der Waals surface area contributed by atoms with E-state index in [1.54, 1.807) is 18.2 Å². The van der Waals surface area contributed by atoms with Gasteiger partial charge in [0.2, 0.25) is 5.82 Å². The highest BCUT2D eigenvalue weighted by atomic mass is 35.5. The van der Waals surface area contributed by atoms with Crippen LogP contribution in [0.5, 0.6) is 0 Å². The third kappa shape index (κ3) is 4.32. The van der Waals surface area contributed by atoms with Crippen LogP contribution in [0.15, 0.2) is 42.7 Å². The molecule has 3 aromatic rings. The zero-order chi connectivity index (χ0) is 19.6. The summed E-state index contributed by atoms with van der Waals surface area (Å²) in [6.07, 6.45) is 5.18. The molecule has 2 heterocycles. The normalized spacial score (nSPS) is 10.9. The zero-order valence-corrected chi connectivity index (χ0v) is 15.7. The van der Waals surface area contributed by atoms with Gasteiger partial charge in [-0.25, -0.2) is 4.98 Å². The molecule has 4 N–H and O–H groups in total. The minimum Gasteiger partial charge on any atom is -0.397 e. The lowest BCUT2D eigenvalue weighted by molar-refractivity contribution is -0.384. The quantitative estimate of drug-likeness (QED) is 0.460. The van der Waals surface area contributed by atoms with Crippen molar-refractivity contribution < 1.29 is 4.92 Å². The van der Waals surface area contributed by atoms with Crippen LogP contribution in [0.25, 0.3) is 11.1 Å². The fraction of sp³-hybridized carbons (Fsp3) is 0.167. The van der Waals surface area contributed by atoms with Crippen molar-refractivity contribution in [2.75, 3.05) is 11.5 Å². The number of benzene rings is 1. The standard InChI is InChI=1S/C18H17Cl2N5O2/c19-11-3-5-13(15(20)8-11)14-9-24(10-16(14)21)7-1-2-12-4-6-17(25(26)27)18(22)23-12/h3-6,8-10H,1-2,7,21H2,(H2,22,23). The van der Waals surface area contributed by atoms with Crippen LogP contribution in [0.1, 0.15) is 12.1 Å². The summed E-state index contributed by atoms with van der Waals surface area (Å²) in [5.74, 6) is -0.0672. The van der Waals surface area contributed by atoms with E-state index in [0.717, 1.165) is 17.5 Å². The van der Waals surface area contributed by atoms with E-state index in [-0.39, 0.29) is 11.5 Å². The molecule has 0 saturated heterocycles. The van der Waals surface area contributed by atoms with Gasteiger partial charge in [-0.1, -0.05) is 29.3 Å². The van der Waals surface area contributed by atoms with E-state index in [1.165, 1.54) is 6.07 Å². The number of nitrogens with zero attached hydrogens (tertiary/aromatic N) is 3. The van der Waals surface area contributed by atoms with Crippen molar-refractivity contribution in [1.82, 2.24) is 9.55 Å². The molecule has 7 nitrogen and oxygen atoms in total. The maximum atomic E-state index is 10.8. The molecule has 0 spiro atoms. The number of nitrogen functional groups attached to an aromatic ring is 2. The van der Waals surface area contributed by atoms with E-state index in [9.17, 15) is 10.1 Å². The average Bonchev–Trinajstić information content (AvgIpc) is 2.95. The first kappa shape index (κ1) is 19.0. The first-order valence-corrected chi connectivity index (χ1v) is 8.91. The summed E-state index contributed by atoms with van der Waals surface area (Å²) in [7, 11) is 0. The molecule has 0 bridgehead atoms. The Bertz CT molecular complexity index is 1000. The Kier molecular flexibility index (Phi) is 5.53. The molecule has 0 aliphatic carbocycles. The first-order valence-electron chi connectivity index (χ1n) is 8.15. The van der Waals surface area contributed by atoms with E-state index < -0.39 is 4.92 Å². The summed E-state index contributed by atoms with van der Waals surface area (Å²) in [5, 5.41) is 11.9. The summed E-state index contributed by atoms with van der Waals surface area (Å²) in [5.41, 5.74) is 14.6. The Morgan fingerprint density at radius 3 is 2.56 bits per heavy atom. The summed E-state index contributed by atoms with van der Waals surface area (Å²) in [6, 6.07) is 8.29. The number of hydrogen-bond donors (Lipinski definition) is 2. The third-order valence-corrected chi connectivity index (χ3v) is 4.69. The molecule has 0 aliphatic heterocycles. The highest BCUT2D eigenvalue weighted by Gasteiger charge is 2.13. The minimum atomic E-state index is -0.544. The first-order chi connectivity index (χ1) is 12.8. The van der Waals surface area contributed by atoms with Gasteiger partial charge in [0.1, 0.15) is 0 Å². The number of aromatic nitrogens is 2. The second-order valence-corrected chi connectivity index (χ2v) is 6.90. The van der Waals surface area contributed by atoms with Crippen molar-refractivity contribution in [3.05, 3.63) is 68.6 Å². The van der Waals surface area contributed by atoms with E-state index in [0.29, 0.717) is 34.4 Å². The fourth-order valence-corrected chi connectivity index (χ4v) is 3.34. The maximum Gasteiger partial charge on any atom is 0.311 e. The Labute approximate surface area is 165 Å². The molecule has 27 heavy (non-hydrogen) atoms. The number of nitro groups is 1.